The minimum absolute atomic E-state index is 0.0123. The number of carbonyl (C=O) groups is 1. The van der Waals surface area contributed by atoms with E-state index in [2.05, 4.69) is 15.3 Å². The van der Waals surface area contributed by atoms with E-state index in [4.69, 9.17) is 9.05 Å². The molecular weight excluding hydrogens is 327 g/mol. The quantitative estimate of drug-likeness (QED) is 0.851. The highest BCUT2D eigenvalue weighted by Crippen LogP contribution is 2.30. The van der Waals surface area contributed by atoms with Crippen LogP contribution in [0.4, 0.5) is 4.39 Å². The van der Waals surface area contributed by atoms with Gasteiger partial charge in [0.1, 0.15) is 5.83 Å². The molecule has 1 fully saturated rings. The summed E-state index contributed by atoms with van der Waals surface area (Å²) in [5, 5.41) is 7.61. The number of hydrogen-bond acceptors (Lipinski definition) is 6. The van der Waals surface area contributed by atoms with E-state index >= 15 is 0 Å². The fourth-order valence-corrected chi connectivity index (χ4v) is 3.19. The van der Waals surface area contributed by atoms with Crippen molar-refractivity contribution in [1.82, 2.24) is 20.2 Å². The van der Waals surface area contributed by atoms with Crippen LogP contribution >= 0.6 is 0 Å². The average molecular weight is 344 g/mol. The number of halogens is 1. The summed E-state index contributed by atoms with van der Waals surface area (Å²) in [6, 6.07) is 1.55. The van der Waals surface area contributed by atoms with Gasteiger partial charge in [-0.2, -0.15) is 4.98 Å². The van der Waals surface area contributed by atoms with E-state index in [0.717, 1.165) is 12.8 Å². The predicted molar refractivity (Wildman–Crippen MR) is 84.4 cm³/mol. The summed E-state index contributed by atoms with van der Waals surface area (Å²) < 4.78 is 23.4. The summed E-state index contributed by atoms with van der Waals surface area (Å²) in [5.41, 5.74) is 0. The molecule has 2 aliphatic rings. The van der Waals surface area contributed by atoms with Crippen molar-refractivity contribution in [2.75, 3.05) is 13.1 Å². The highest BCUT2D eigenvalue weighted by atomic mass is 19.1. The number of rotatable bonds is 3. The van der Waals surface area contributed by atoms with E-state index in [-0.39, 0.29) is 29.3 Å². The van der Waals surface area contributed by atoms with Crippen LogP contribution in [0.2, 0.25) is 0 Å². The van der Waals surface area contributed by atoms with Crippen LogP contribution in [0.3, 0.4) is 0 Å². The van der Waals surface area contributed by atoms with Crippen LogP contribution < -0.4 is 0 Å². The van der Waals surface area contributed by atoms with E-state index in [1.54, 1.807) is 17.0 Å². The normalized spacial score (nSPS) is 23.6. The molecule has 4 rings (SSSR count). The molecular formula is C17H17FN4O3. The topological polar surface area (TPSA) is 85.3 Å². The Balaban J connectivity index is 1.45. The fourth-order valence-electron chi connectivity index (χ4n) is 3.19. The molecule has 2 atom stereocenters. The molecule has 3 heterocycles. The van der Waals surface area contributed by atoms with Crippen LogP contribution in [0.5, 0.6) is 0 Å². The lowest BCUT2D eigenvalue weighted by molar-refractivity contribution is 0.0654. The zero-order chi connectivity index (χ0) is 17.2. The van der Waals surface area contributed by atoms with E-state index in [1.807, 2.05) is 0 Å². The predicted octanol–water partition coefficient (Wildman–Crippen LogP) is 2.97. The summed E-state index contributed by atoms with van der Waals surface area (Å²) in [4.78, 5) is 18.6. The van der Waals surface area contributed by atoms with E-state index in [0.29, 0.717) is 31.2 Å². The maximum atomic E-state index is 13.1. The maximum Gasteiger partial charge on any atom is 0.292 e. The van der Waals surface area contributed by atoms with Gasteiger partial charge in [0.2, 0.25) is 11.7 Å². The van der Waals surface area contributed by atoms with Crippen molar-refractivity contribution in [3.63, 3.8) is 0 Å². The third-order valence-electron chi connectivity index (χ3n) is 4.55. The second-order valence-electron chi connectivity index (χ2n) is 6.25. The number of allylic oxidation sites excluding steroid dienone is 4. The SMILES string of the molecule is O=C(c1ccno1)N1CCC[C@H](c2nc(C3C=CC(F)=CC3)no2)C1. The number of carbonyl (C=O) groups excluding carboxylic acids is 1. The zero-order valence-corrected chi connectivity index (χ0v) is 13.5. The van der Waals surface area contributed by atoms with E-state index < -0.39 is 0 Å². The second-order valence-corrected chi connectivity index (χ2v) is 6.25. The molecule has 2 aromatic heterocycles. The first-order valence-electron chi connectivity index (χ1n) is 8.28. The van der Waals surface area contributed by atoms with Gasteiger partial charge in [0.15, 0.2) is 5.82 Å². The largest absolute Gasteiger partial charge is 0.351 e. The molecule has 1 aliphatic carbocycles. The number of amides is 1. The number of hydrogen-bond donors (Lipinski definition) is 0. The molecule has 0 N–H and O–H groups in total. The van der Waals surface area contributed by atoms with E-state index in [1.165, 1.54) is 18.3 Å². The Morgan fingerprint density at radius 1 is 1.36 bits per heavy atom. The number of nitrogens with zero attached hydrogens (tertiary/aromatic N) is 4. The first kappa shape index (κ1) is 15.7. The Kier molecular flexibility index (Phi) is 4.17. The van der Waals surface area contributed by atoms with Crippen LogP contribution in [-0.2, 0) is 0 Å². The number of aromatic nitrogens is 3. The summed E-state index contributed by atoms with van der Waals surface area (Å²) in [5.74, 6) is 0.788. The van der Waals surface area contributed by atoms with Crippen molar-refractivity contribution >= 4 is 5.91 Å². The zero-order valence-electron chi connectivity index (χ0n) is 13.5. The first-order valence-corrected chi connectivity index (χ1v) is 8.28. The Labute approximate surface area is 143 Å². The standard InChI is InChI=1S/C17H17FN4O3/c18-13-5-3-11(4-6-13)15-20-16(25-21-15)12-2-1-9-22(10-12)17(23)14-7-8-19-24-14/h3,5-8,11-12H,1-2,4,9-10H2/t11?,12-/m0/s1. The summed E-state index contributed by atoms with van der Waals surface area (Å²) in [6.07, 6.45) is 8.36. The van der Waals surface area contributed by atoms with Gasteiger partial charge in [-0.3, -0.25) is 4.79 Å². The molecule has 2 aromatic rings. The lowest BCUT2D eigenvalue weighted by atomic mass is 9.97. The van der Waals surface area contributed by atoms with Gasteiger partial charge < -0.3 is 13.9 Å². The molecule has 0 aromatic carbocycles. The van der Waals surface area contributed by atoms with Gasteiger partial charge >= 0.3 is 0 Å². The second kappa shape index (κ2) is 6.62. The Hall–Kier alpha value is -2.77. The minimum Gasteiger partial charge on any atom is -0.351 e. The van der Waals surface area contributed by atoms with Gasteiger partial charge in [0.05, 0.1) is 12.1 Å². The van der Waals surface area contributed by atoms with Crippen molar-refractivity contribution in [3.8, 4) is 0 Å². The molecule has 0 bridgehead atoms. The Morgan fingerprint density at radius 3 is 3.04 bits per heavy atom. The molecule has 1 aliphatic heterocycles. The Bertz CT molecular complexity index is 812. The lowest BCUT2D eigenvalue weighted by Gasteiger charge is -2.30. The van der Waals surface area contributed by atoms with Gasteiger partial charge in [-0.15, -0.1) is 0 Å². The van der Waals surface area contributed by atoms with Gasteiger partial charge in [0, 0.05) is 25.1 Å². The van der Waals surface area contributed by atoms with Crippen LogP contribution in [0.1, 0.15) is 53.4 Å². The molecule has 0 spiro atoms. The van der Waals surface area contributed by atoms with Crippen molar-refractivity contribution in [3.05, 3.63) is 53.8 Å². The first-order chi connectivity index (χ1) is 12.2. The number of likely N-dealkylation sites (tertiary alicyclic amines) is 1. The molecule has 7 nitrogen and oxygen atoms in total. The molecule has 8 heteroatoms. The highest BCUT2D eigenvalue weighted by molar-refractivity contribution is 5.91. The van der Waals surface area contributed by atoms with Crippen molar-refractivity contribution in [2.45, 2.75) is 31.1 Å². The molecule has 1 saturated heterocycles. The third-order valence-corrected chi connectivity index (χ3v) is 4.55. The summed E-state index contributed by atoms with van der Waals surface area (Å²) in [6.45, 7) is 1.16. The van der Waals surface area contributed by atoms with Crippen LogP contribution in [0.15, 0.2) is 45.4 Å². The van der Waals surface area contributed by atoms with Crippen molar-refractivity contribution in [1.29, 1.82) is 0 Å². The summed E-state index contributed by atoms with van der Waals surface area (Å²) in [7, 11) is 0. The fraction of sp³-hybridized carbons (Fsp3) is 0.412. The van der Waals surface area contributed by atoms with Gasteiger partial charge in [-0.05, 0) is 31.4 Å². The number of piperidine rings is 1. The molecule has 1 unspecified atom stereocenters. The molecule has 0 saturated carbocycles. The third kappa shape index (κ3) is 3.24. The van der Waals surface area contributed by atoms with E-state index in [9.17, 15) is 9.18 Å². The van der Waals surface area contributed by atoms with Gasteiger partial charge in [-0.1, -0.05) is 16.4 Å². The lowest BCUT2D eigenvalue weighted by Crippen LogP contribution is -2.39. The van der Waals surface area contributed by atoms with Crippen molar-refractivity contribution < 1.29 is 18.2 Å². The Morgan fingerprint density at radius 2 is 2.28 bits per heavy atom. The molecule has 0 radical (unpaired) electrons. The van der Waals surface area contributed by atoms with Gasteiger partial charge in [0.25, 0.3) is 5.91 Å². The molecule has 1 amide bonds. The molecule has 25 heavy (non-hydrogen) atoms. The molecule has 130 valence electrons. The average Bonchev–Trinajstić information content (AvgIpc) is 3.34. The highest BCUT2D eigenvalue weighted by Gasteiger charge is 2.31. The summed E-state index contributed by atoms with van der Waals surface area (Å²) >= 11 is 0. The smallest absolute Gasteiger partial charge is 0.292 e. The van der Waals surface area contributed by atoms with Crippen LogP contribution in [0.25, 0.3) is 0 Å². The van der Waals surface area contributed by atoms with Gasteiger partial charge in [-0.25, -0.2) is 4.39 Å². The maximum absolute atomic E-state index is 13.1. The van der Waals surface area contributed by atoms with Crippen molar-refractivity contribution in [2.24, 2.45) is 0 Å². The minimum atomic E-state index is -0.242. The van der Waals surface area contributed by atoms with Crippen LogP contribution in [0, 0.1) is 0 Å². The van der Waals surface area contributed by atoms with Crippen LogP contribution in [-0.4, -0.2) is 39.2 Å². The monoisotopic (exact) mass is 344 g/mol.